The van der Waals surface area contributed by atoms with E-state index in [1.807, 2.05) is 6.92 Å². The normalized spacial score (nSPS) is 19.2. The van der Waals surface area contributed by atoms with Gasteiger partial charge in [-0.1, -0.05) is 18.2 Å². The maximum absolute atomic E-state index is 11.9. The van der Waals surface area contributed by atoms with Gasteiger partial charge in [-0.25, -0.2) is 4.79 Å². The number of piperidine rings is 1. The van der Waals surface area contributed by atoms with E-state index in [4.69, 9.17) is 9.73 Å². The summed E-state index contributed by atoms with van der Waals surface area (Å²) in [4.78, 5) is 20.9. The molecule has 3 rings (SSSR count). The Kier molecular flexibility index (Phi) is 10.0. The van der Waals surface area contributed by atoms with Crippen LogP contribution in [-0.2, 0) is 11.2 Å². The zero-order valence-electron chi connectivity index (χ0n) is 18.4. The molecule has 1 amide bonds. The second kappa shape index (κ2) is 12.2. The van der Waals surface area contributed by atoms with Crippen LogP contribution in [0.15, 0.2) is 29.3 Å². The Morgan fingerprint density at radius 1 is 1.23 bits per heavy atom. The highest BCUT2D eigenvalue weighted by Gasteiger charge is 2.26. The topological polar surface area (TPSA) is 69.2 Å². The molecule has 2 heterocycles. The molecular formula is C22H36IN5O2. The van der Waals surface area contributed by atoms with Gasteiger partial charge in [0.05, 0.1) is 13.2 Å². The molecule has 0 saturated carbocycles. The van der Waals surface area contributed by atoms with E-state index < -0.39 is 0 Å². The molecule has 0 aliphatic carbocycles. The van der Waals surface area contributed by atoms with Crippen molar-refractivity contribution >= 4 is 41.7 Å². The lowest BCUT2D eigenvalue weighted by atomic mass is 10.1. The molecule has 1 saturated heterocycles. The van der Waals surface area contributed by atoms with Gasteiger partial charge in [0.1, 0.15) is 0 Å². The standard InChI is InChI=1S/C22H35N5O2.HI/c1-4-23-21(25-19-10-13-26(14-11-19)22(28)29-5-2)24-12-15-27-17(3)16-18-8-6-7-9-20(18)27;/h6-9,17,19H,4-5,10-16H2,1-3H3,(H2,23,24,25);1H. The molecule has 2 aliphatic heterocycles. The molecule has 2 aliphatic rings. The van der Waals surface area contributed by atoms with E-state index in [0.717, 1.165) is 57.9 Å². The van der Waals surface area contributed by atoms with E-state index in [0.29, 0.717) is 18.7 Å². The van der Waals surface area contributed by atoms with Gasteiger partial charge in [-0.05, 0) is 51.7 Å². The van der Waals surface area contributed by atoms with E-state index in [2.05, 4.69) is 53.6 Å². The number of para-hydroxylation sites is 1. The largest absolute Gasteiger partial charge is 0.450 e. The molecule has 2 N–H and O–H groups in total. The molecule has 0 aromatic heterocycles. The maximum atomic E-state index is 11.9. The van der Waals surface area contributed by atoms with Gasteiger partial charge in [0.15, 0.2) is 5.96 Å². The molecule has 8 heteroatoms. The quantitative estimate of drug-likeness (QED) is 0.337. The lowest BCUT2D eigenvalue weighted by Gasteiger charge is -2.32. The van der Waals surface area contributed by atoms with Crippen LogP contribution in [0.2, 0.25) is 0 Å². The predicted molar refractivity (Wildman–Crippen MR) is 133 cm³/mol. The van der Waals surface area contributed by atoms with Crippen molar-refractivity contribution in [1.29, 1.82) is 0 Å². The monoisotopic (exact) mass is 529 g/mol. The third-order valence-corrected chi connectivity index (χ3v) is 5.67. The average molecular weight is 529 g/mol. The predicted octanol–water partition coefficient (Wildman–Crippen LogP) is 3.23. The van der Waals surface area contributed by atoms with E-state index in [9.17, 15) is 4.79 Å². The molecule has 0 spiro atoms. The summed E-state index contributed by atoms with van der Waals surface area (Å²) in [7, 11) is 0. The van der Waals surface area contributed by atoms with Gasteiger partial charge >= 0.3 is 6.09 Å². The summed E-state index contributed by atoms with van der Waals surface area (Å²) < 4.78 is 5.10. The fourth-order valence-electron chi connectivity index (χ4n) is 4.17. The zero-order valence-corrected chi connectivity index (χ0v) is 20.7. The Labute approximate surface area is 197 Å². The van der Waals surface area contributed by atoms with Crippen LogP contribution in [-0.4, -0.2) is 68.4 Å². The summed E-state index contributed by atoms with van der Waals surface area (Å²) in [6.45, 7) is 10.6. The first kappa shape index (κ1) is 24.6. The number of hydrogen-bond acceptors (Lipinski definition) is 4. The number of benzene rings is 1. The van der Waals surface area contributed by atoms with Gasteiger partial charge in [0.25, 0.3) is 0 Å². The average Bonchev–Trinajstić information content (AvgIpc) is 3.04. The number of nitrogens with one attached hydrogen (secondary N) is 2. The minimum atomic E-state index is -0.202. The molecule has 1 unspecified atom stereocenters. The summed E-state index contributed by atoms with van der Waals surface area (Å²) in [6, 6.07) is 9.51. The van der Waals surface area contributed by atoms with Crippen molar-refractivity contribution < 1.29 is 9.53 Å². The SMILES string of the molecule is CCNC(=NCCN1c2ccccc2CC1C)NC1CCN(C(=O)OCC)CC1.I. The molecule has 1 fully saturated rings. The van der Waals surface area contributed by atoms with Gasteiger partial charge in [0, 0.05) is 44.0 Å². The first-order valence-electron chi connectivity index (χ1n) is 10.9. The number of carbonyl (C=O) groups is 1. The van der Waals surface area contributed by atoms with Crippen molar-refractivity contribution in [3.63, 3.8) is 0 Å². The highest BCUT2D eigenvalue weighted by atomic mass is 127. The molecule has 7 nitrogen and oxygen atoms in total. The summed E-state index contributed by atoms with van der Waals surface area (Å²) >= 11 is 0. The van der Waals surface area contributed by atoms with Gasteiger partial charge in [-0.3, -0.25) is 4.99 Å². The molecule has 1 atom stereocenters. The number of fused-ring (bicyclic) bond motifs is 1. The number of ether oxygens (including phenoxy) is 1. The number of anilines is 1. The number of hydrogen-bond donors (Lipinski definition) is 2. The van der Waals surface area contributed by atoms with E-state index in [1.54, 1.807) is 4.90 Å². The van der Waals surface area contributed by atoms with Crippen LogP contribution in [0.1, 0.15) is 39.2 Å². The highest BCUT2D eigenvalue weighted by molar-refractivity contribution is 14.0. The van der Waals surface area contributed by atoms with E-state index >= 15 is 0 Å². The van der Waals surface area contributed by atoms with Crippen molar-refractivity contribution in [1.82, 2.24) is 15.5 Å². The Morgan fingerprint density at radius 2 is 1.97 bits per heavy atom. The zero-order chi connectivity index (χ0) is 20.6. The van der Waals surface area contributed by atoms with Crippen molar-refractivity contribution in [2.45, 2.75) is 52.1 Å². The lowest BCUT2D eigenvalue weighted by molar-refractivity contribution is 0.0963. The Bertz CT molecular complexity index is 707. The van der Waals surface area contributed by atoms with Crippen LogP contribution in [0.4, 0.5) is 10.5 Å². The van der Waals surface area contributed by atoms with Crippen LogP contribution < -0.4 is 15.5 Å². The Morgan fingerprint density at radius 3 is 2.67 bits per heavy atom. The Hall–Kier alpha value is -1.71. The van der Waals surface area contributed by atoms with Gasteiger partial charge in [-0.2, -0.15) is 0 Å². The van der Waals surface area contributed by atoms with Crippen LogP contribution >= 0.6 is 24.0 Å². The summed E-state index contributed by atoms with van der Waals surface area (Å²) in [5, 5.41) is 6.90. The van der Waals surface area contributed by atoms with Gasteiger partial charge in [-0.15, -0.1) is 24.0 Å². The van der Waals surface area contributed by atoms with Crippen LogP contribution in [0.25, 0.3) is 0 Å². The number of rotatable bonds is 6. The number of carbonyl (C=O) groups excluding carboxylic acids is 1. The minimum Gasteiger partial charge on any atom is -0.450 e. The lowest BCUT2D eigenvalue weighted by Crippen LogP contribution is -2.50. The third-order valence-electron chi connectivity index (χ3n) is 5.67. The van der Waals surface area contributed by atoms with E-state index in [1.165, 1.54) is 11.3 Å². The van der Waals surface area contributed by atoms with Crippen LogP contribution in [0.3, 0.4) is 0 Å². The number of likely N-dealkylation sites (tertiary alicyclic amines) is 1. The second-order valence-electron chi connectivity index (χ2n) is 7.74. The fourth-order valence-corrected chi connectivity index (χ4v) is 4.17. The molecule has 30 heavy (non-hydrogen) atoms. The fraction of sp³-hybridized carbons (Fsp3) is 0.636. The third kappa shape index (κ3) is 6.39. The van der Waals surface area contributed by atoms with Crippen LogP contribution in [0, 0.1) is 0 Å². The molecule has 0 radical (unpaired) electrons. The number of amides is 1. The van der Waals surface area contributed by atoms with Crippen LogP contribution in [0.5, 0.6) is 0 Å². The highest BCUT2D eigenvalue weighted by Crippen LogP contribution is 2.31. The number of halogens is 1. The van der Waals surface area contributed by atoms with Gasteiger partial charge in [0.2, 0.25) is 0 Å². The Balaban J connectivity index is 0.00000320. The van der Waals surface area contributed by atoms with Crippen molar-refractivity contribution in [2.24, 2.45) is 4.99 Å². The molecule has 1 aromatic carbocycles. The van der Waals surface area contributed by atoms with Gasteiger partial charge < -0.3 is 25.2 Å². The first-order valence-corrected chi connectivity index (χ1v) is 10.9. The molecule has 0 bridgehead atoms. The molecular weight excluding hydrogens is 493 g/mol. The number of aliphatic imine (C=N–C) groups is 1. The van der Waals surface area contributed by atoms with E-state index in [-0.39, 0.29) is 30.1 Å². The summed E-state index contributed by atoms with van der Waals surface area (Å²) in [6.07, 6.45) is 2.71. The maximum Gasteiger partial charge on any atom is 0.409 e. The number of nitrogens with zero attached hydrogens (tertiary/aromatic N) is 3. The van der Waals surface area contributed by atoms with Crippen molar-refractivity contribution in [3.8, 4) is 0 Å². The van der Waals surface area contributed by atoms with Crippen molar-refractivity contribution in [2.75, 3.05) is 44.2 Å². The van der Waals surface area contributed by atoms with Crippen molar-refractivity contribution in [3.05, 3.63) is 29.8 Å². The molecule has 1 aromatic rings. The molecule has 168 valence electrons. The second-order valence-corrected chi connectivity index (χ2v) is 7.74. The summed E-state index contributed by atoms with van der Waals surface area (Å²) in [5.74, 6) is 0.863. The smallest absolute Gasteiger partial charge is 0.409 e. The summed E-state index contributed by atoms with van der Waals surface area (Å²) in [5.41, 5.74) is 2.78. The first-order chi connectivity index (χ1) is 14.1. The number of guanidine groups is 1. The minimum absolute atomic E-state index is 0.